The van der Waals surface area contributed by atoms with E-state index in [2.05, 4.69) is 33.6 Å². The number of aromatic nitrogens is 3. The lowest BCUT2D eigenvalue weighted by molar-refractivity contribution is 0.0526. The van der Waals surface area contributed by atoms with Crippen molar-refractivity contribution < 1.29 is 13.9 Å². The molecule has 0 atom stereocenters. The number of hydrogen-bond acceptors (Lipinski definition) is 7. The largest absolute Gasteiger partial charge is 0.444 e. The van der Waals surface area contributed by atoms with Gasteiger partial charge in [0.05, 0.1) is 23.9 Å². The molecule has 2 rings (SSSR count). The van der Waals surface area contributed by atoms with Crippen LogP contribution in [0.25, 0.3) is 17.1 Å². The predicted molar refractivity (Wildman–Crippen MR) is 140 cm³/mol. The Labute approximate surface area is 204 Å². The molecule has 0 aliphatic rings. The van der Waals surface area contributed by atoms with E-state index in [1.807, 2.05) is 44.6 Å². The smallest absolute Gasteiger partial charge is 0.407 e. The zero-order valence-electron chi connectivity index (χ0n) is 20.3. The highest BCUT2D eigenvalue weighted by Gasteiger charge is 2.15. The van der Waals surface area contributed by atoms with Crippen molar-refractivity contribution in [3.8, 4) is 0 Å². The predicted octanol–water partition coefficient (Wildman–Crippen LogP) is 4.95. The summed E-state index contributed by atoms with van der Waals surface area (Å²) in [5.74, 6) is -0.341. The maximum Gasteiger partial charge on any atom is 0.407 e. The van der Waals surface area contributed by atoms with E-state index in [4.69, 9.17) is 10.5 Å². The average molecular weight is 489 g/mol. The minimum absolute atomic E-state index is 0.341. The zero-order chi connectivity index (χ0) is 25.7. The van der Waals surface area contributed by atoms with Gasteiger partial charge in [-0.05, 0) is 58.9 Å². The Morgan fingerprint density at radius 2 is 2.15 bits per heavy atom. The summed E-state index contributed by atoms with van der Waals surface area (Å²) in [6.07, 6.45) is 10.9. The molecule has 3 N–H and O–H groups in total. The van der Waals surface area contributed by atoms with Gasteiger partial charge < -0.3 is 20.4 Å². The van der Waals surface area contributed by atoms with Crippen molar-refractivity contribution in [3.05, 3.63) is 66.0 Å². The van der Waals surface area contributed by atoms with Gasteiger partial charge in [-0.25, -0.2) is 14.2 Å². The molecule has 0 aliphatic carbocycles. The Morgan fingerprint density at radius 3 is 2.68 bits per heavy atom. The van der Waals surface area contributed by atoms with Gasteiger partial charge in [0.2, 0.25) is 0 Å². The van der Waals surface area contributed by atoms with Gasteiger partial charge in [0, 0.05) is 41.7 Å². The number of halogens is 1. The number of thioether (sulfide) groups is 1. The Kier molecular flexibility index (Phi) is 11.8. The number of alkyl carbamates (subject to hydrolysis) is 1. The fraction of sp³-hybridized carbons (Fsp3) is 0.333. The maximum atomic E-state index is 13.2. The molecule has 184 valence electrons. The van der Waals surface area contributed by atoms with Crippen LogP contribution in [-0.4, -0.2) is 45.7 Å². The molecule has 0 radical (unpaired) electrons. The van der Waals surface area contributed by atoms with Crippen LogP contribution in [0.15, 0.2) is 48.3 Å². The molecule has 34 heavy (non-hydrogen) atoms. The number of pyridine rings is 1. The summed E-state index contributed by atoms with van der Waals surface area (Å²) >= 11 is 1.42. The summed E-state index contributed by atoms with van der Waals surface area (Å²) in [6, 6.07) is 1.61. The molecule has 0 spiro atoms. The Morgan fingerprint density at radius 1 is 1.44 bits per heavy atom. The molecular formula is C24H33FN6O2S. The first kappa shape index (κ1) is 28.6. The molecule has 2 heterocycles. The molecule has 2 aromatic heterocycles. The lowest BCUT2D eigenvalue weighted by atomic mass is 10.2. The second kappa shape index (κ2) is 14.0. The summed E-state index contributed by atoms with van der Waals surface area (Å²) in [6.45, 7) is 15.3. The molecule has 2 aromatic rings. The third-order valence-electron chi connectivity index (χ3n) is 3.95. The fourth-order valence-corrected chi connectivity index (χ4v) is 3.16. The number of carbonyl (C=O) groups is 1. The van der Waals surface area contributed by atoms with Crippen LogP contribution >= 0.6 is 11.8 Å². The minimum atomic E-state index is -0.500. The average Bonchev–Trinajstić information content (AvgIpc) is 3.12. The number of nitrogens with zero attached hydrogens (tertiary/aromatic N) is 4. The number of nitrogens with two attached hydrogens (primary N) is 1. The fourth-order valence-electron chi connectivity index (χ4n) is 2.60. The zero-order valence-corrected chi connectivity index (χ0v) is 21.2. The van der Waals surface area contributed by atoms with Crippen LogP contribution < -0.4 is 11.1 Å². The first-order valence-electron chi connectivity index (χ1n) is 10.4. The van der Waals surface area contributed by atoms with Crippen LogP contribution in [0.3, 0.4) is 0 Å². The van der Waals surface area contributed by atoms with E-state index in [0.717, 1.165) is 16.3 Å². The van der Waals surface area contributed by atoms with E-state index >= 15 is 0 Å². The number of hydrogen-bond donors (Lipinski definition) is 2. The number of ether oxygens (including phenoxy) is 1. The van der Waals surface area contributed by atoms with Crippen molar-refractivity contribution >= 4 is 41.6 Å². The van der Waals surface area contributed by atoms with Crippen LogP contribution in [0, 0.1) is 5.82 Å². The van der Waals surface area contributed by atoms with Crippen molar-refractivity contribution in [2.24, 2.45) is 10.7 Å². The maximum absolute atomic E-state index is 13.2. The summed E-state index contributed by atoms with van der Waals surface area (Å²) in [4.78, 5) is 23.8. The van der Waals surface area contributed by atoms with Gasteiger partial charge in [0.15, 0.2) is 0 Å². The number of imidazole rings is 1. The second-order valence-electron chi connectivity index (χ2n) is 7.97. The van der Waals surface area contributed by atoms with Crippen LogP contribution in [0.4, 0.5) is 9.18 Å². The molecule has 1 amide bonds. The summed E-state index contributed by atoms with van der Waals surface area (Å²) in [5.41, 5.74) is 8.04. The van der Waals surface area contributed by atoms with E-state index in [-0.39, 0.29) is 5.82 Å². The Bertz CT molecular complexity index is 1040. The molecule has 10 heteroatoms. The highest BCUT2D eigenvalue weighted by Crippen LogP contribution is 2.26. The number of carbonyl (C=O) groups excluding carboxylic acids is 1. The number of aliphatic imine (C=N–C) groups is 1. The van der Waals surface area contributed by atoms with E-state index in [0.29, 0.717) is 24.4 Å². The van der Waals surface area contributed by atoms with Crippen LogP contribution in [0.1, 0.15) is 44.6 Å². The van der Waals surface area contributed by atoms with Crippen molar-refractivity contribution in [2.45, 2.75) is 39.8 Å². The minimum Gasteiger partial charge on any atom is -0.444 e. The number of allylic oxidation sites excluding steroid dienone is 1. The molecule has 0 saturated carbocycles. The summed E-state index contributed by atoms with van der Waals surface area (Å²) in [5, 5.41) is 2.71. The Balaban J connectivity index is 0.000000380. The lowest BCUT2D eigenvalue weighted by Gasteiger charge is -2.19. The molecule has 0 aliphatic heterocycles. The van der Waals surface area contributed by atoms with E-state index in [1.54, 1.807) is 24.7 Å². The standard InChI is InChI=1S/C15H24N4O2.C9H9FN2S/c1-6-12-13(9-11(2)16)19(10-18-12)8-7-17-14(20)21-15(3,4)5;1-11-6-9(13-2)7-3-4-12-5-8(7)10/h6,9-10H,1,7-8,16H2,2-5H3,(H,17,20);3-6H,1H2,2H3/b11-9+;9-6-. The van der Waals surface area contributed by atoms with Gasteiger partial charge in [-0.2, -0.15) is 0 Å². The molecule has 0 bridgehead atoms. The lowest BCUT2D eigenvalue weighted by Crippen LogP contribution is -2.34. The molecule has 0 fully saturated rings. The van der Waals surface area contributed by atoms with Gasteiger partial charge in [-0.15, -0.1) is 11.8 Å². The van der Waals surface area contributed by atoms with Gasteiger partial charge in [0.1, 0.15) is 11.4 Å². The monoisotopic (exact) mass is 488 g/mol. The third-order valence-corrected chi connectivity index (χ3v) is 4.72. The van der Waals surface area contributed by atoms with Crippen molar-refractivity contribution in [1.82, 2.24) is 19.9 Å². The molecular weight excluding hydrogens is 455 g/mol. The highest BCUT2D eigenvalue weighted by molar-refractivity contribution is 8.07. The molecule has 8 nitrogen and oxygen atoms in total. The van der Waals surface area contributed by atoms with Gasteiger partial charge in [0.25, 0.3) is 0 Å². The summed E-state index contributed by atoms with van der Waals surface area (Å²) < 4.78 is 20.3. The van der Waals surface area contributed by atoms with Gasteiger partial charge in [-0.1, -0.05) is 6.58 Å². The SMILES string of the molecule is C=Cc1ncn(CCNC(=O)OC(C)(C)C)c1/C=C(\C)N.C=N/C=C(\SC)c1ccncc1F. The highest BCUT2D eigenvalue weighted by atomic mass is 32.2. The third kappa shape index (κ3) is 10.0. The quantitative estimate of drug-likeness (QED) is 0.509. The van der Waals surface area contributed by atoms with Gasteiger partial charge >= 0.3 is 6.09 Å². The topological polar surface area (TPSA) is 107 Å². The van der Waals surface area contributed by atoms with Crippen LogP contribution in [0.2, 0.25) is 0 Å². The number of amides is 1. The van der Waals surface area contributed by atoms with E-state index < -0.39 is 11.7 Å². The van der Waals surface area contributed by atoms with E-state index in [9.17, 15) is 9.18 Å². The molecule has 0 unspecified atom stereocenters. The molecule has 0 aromatic carbocycles. The number of rotatable bonds is 8. The number of nitrogens with one attached hydrogen (secondary N) is 1. The van der Waals surface area contributed by atoms with Crippen LogP contribution in [0.5, 0.6) is 0 Å². The first-order valence-corrected chi connectivity index (χ1v) is 11.6. The van der Waals surface area contributed by atoms with Gasteiger partial charge in [-0.3, -0.25) is 9.98 Å². The Hall–Kier alpha value is -3.40. The first-order chi connectivity index (χ1) is 16.0. The van der Waals surface area contributed by atoms with Crippen molar-refractivity contribution in [3.63, 3.8) is 0 Å². The van der Waals surface area contributed by atoms with Crippen molar-refractivity contribution in [2.75, 3.05) is 12.8 Å². The van der Waals surface area contributed by atoms with E-state index in [1.165, 1.54) is 24.2 Å². The second-order valence-corrected chi connectivity index (χ2v) is 8.81. The molecule has 0 saturated heterocycles. The summed E-state index contributed by atoms with van der Waals surface area (Å²) in [7, 11) is 0. The van der Waals surface area contributed by atoms with Crippen LogP contribution in [-0.2, 0) is 11.3 Å². The normalized spacial score (nSPS) is 11.8. The van der Waals surface area contributed by atoms with Crippen molar-refractivity contribution in [1.29, 1.82) is 0 Å².